The minimum atomic E-state index is -0.513. The van der Waals surface area contributed by atoms with E-state index in [-0.39, 0.29) is 11.5 Å². The van der Waals surface area contributed by atoms with Gasteiger partial charge in [0.2, 0.25) is 5.76 Å². The van der Waals surface area contributed by atoms with Gasteiger partial charge in [0.15, 0.2) is 17.8 Å². The van der Waals surface area contributed by atoms with E-state index in [2.05, 4.69) is 4.98 Å². The summed E-state index contributed by atoms with van der Waals surface area (Å²) < 4.78 is 21.3. The number of ether oxygens (including phenoxy) is 2. The Labute approximate surface area is 128 Å². The average molecular weight is 305 g/mol. The van der Waals surface area contributed by atoms with Gasteiger partial charge in [-0.15, -0.1) is 0 Å². The first kappa shape index (κ1) is 14.8. The monoisotopic (exact) mass is 305 g/mol. The van der Waals surface area contributed by atoms with E-state index in [1.807, 2.05) is 0 Å². The number of esters is 1. The molecule has 6 nitrogen and oxygen atoms in total. The van der Waals surface area contributed by atoms with Gasteiger partial charge in [-0.2, -0.15) is 0 Å². The second-order valence-corrected chi connectivity index (χ2v) is 5.27. The number of furan rings is 1. The van der Waals surface area contributed by atoms with Gasteiger partial charge in [-0.05, 0) is 25.0 Å². The van der Waals surface area contributed by atoms with Gasteiger partial charge in [0, 0.05) is 6.42 Å². The first-order valence-corrected chi connectivity index (χ1v) is 7.60. The number of carbonyl (C=O) groups is 1. The topological polar surface area (TPSA) is 74.7 Å². The first-order chi connectivity index (χ1) is 10.8. The van der Waals surface area contributed by atoms with Crippen LogP contribution >= 0.6 is 0 Å². The third kappa shape index (κ3) is 3.57. The Bertz CT molecular complexity index is 583. The molecule has 0 unspecified atom stereocenters. The fraction of sp³-hybridized carbons (Fsp3) is 0.500. The SMILES string of the molecule is O=C(OCCCOC1CCCC1)c1ncoc1-c1ccco1. The van der Waals surface area contributed by atoms with Crippen LogP contribution in [0.1, 0.15) is 42.6 Å². The highest BCUT2D eigenvalue weighted by atomic mass is 16.5. The molecule has 0 bridgehead atoms. The van der Waals surface area contributed by atoms with Crippen molar-refractivity contribution in [3.05, 3.63) is 30.5 Å². The molecule has 0 radical (unpaired) electrons. The summed E-state index contributed by atoms with van der Waals surface area (Å²) in [5, 5.41) is 0. The second-order valence-electron chi connectivity index (χ2n) is 5.27. The predicted molar refractivity (Wildman–Crippen MR) is 77.3 cm³/mol. The summed E-state index contributed by atoms with van der Waals surface area (Å²) >= 11 is 0. The molecule has 1 fully saturated rings. The fourth-order valence-corrected chi connectivity index (χ4v) is 2.57. The van der Waals surface area contributed by atoms with Crippen molar-refractivity contribution in [3.8, 4) is 11.5 Å². The maximum Gasteiger partial charge on any atom is 0.361 e. The highest BCUT2D eigenvalue weighted by molar-refractivity contribution is 5.92. The molecule has 0 amide bonds. The molecule has 118 valence electrons. The van der Waals surface area contributed by atoms with Crippen LogP contribution in [0.5, 0.6) is 0 Å². The molecule has 0 aromatic carbocycles. The van der Waals surface area contributed by atoms with Crippen molar-refractivity contribution in [2.24, 2.45) is 0 Å². The molecular formula is C16H19NO5. The summed E-state index contributed by atoms with van der Waals surface area (Å²) in [5.74, 6) is 0.229. The first-order valence-electron chi connectivity index (χ1n) is 7.60. The average Bonchev–Trinajstić information content (AvgIpc) is 3.26. The molecule has 3 rings (SSSR count). The largest absolute Gasteiger partial charge is 0.461 e. The molecule has 1 aliphatic carbocycles. The quantitative estimate of drug-likeness (QED) is 0.576. The van der Waals surface area contributed by atoms with E-state index >= 15 is 0 Å². The van der Waals surface area contributed by atoms with E-state index in [0.29, 0.717) is 31.5 Å². The Morgan fingerprint density at radius 3 is 2.91 bits per heavy atom. The van der Waals surface area contributed by atoms with E-state index in [9.17, 15) is 4.79 Å². The van der Waals surface area contributed by atoms with Crippen LogP contribution in [0.3, 0.4) is 0 Å². The van der Waals surface area contributed by atoms with Crippen LogP contribution in [-0.4, -0.2) is 30.3 Å². The predicted octanol–water partition coefficient (Wildman–Crippen LogP) is 3.44. The highest BCUT2D eigenvalue weighted by Gasteiger charge is 2.21. The van der Waals surface area contributed by atoms with Gasteiger partial charge in [0.1, 0.15) is 0 Å². The molecule has 2 aromatic rings. The van der Waals surface area contributed by atoms with E-state index in [1.165, 1.54) is 25.5 Å². The van der Waals surface area contributed by atoms with Crippen LogP contribution in [0.2, 0.25) is 0 Å². The second kappa shape index (κ2) is 7.26. The number of hydrogen-bond donors (Lipinski definition) is 0. The molecule has 0 N–H and O–H groups in total. The van der Waals surface area contributed by atoms with Crippen molar-refractivity contribution in [2.45, 2.75) is 38.2 Å². The van der Waals surface area contributed by atoms with Crippen molar-refractivity contribution in [1.82, 2.24) is 4.98 Å². The van der Waals surface area contributed by atoms with Crippen LogP contribution in [0.25, 0.3) is 11.5 Å². The summed E-state index contributed by atoms with van der Waals surface area (Å²) in [6, 6.07) is 3.42. The summed E-state index contributed by atoms with van der Waals surface area (Å²) in [7, 11) is 0. The van der Waals surface area contributed by atoms with E-state index in [1.54, 1.807) is 12.1 Å². The lowest BCUT2D eigenvalue weighted by molar-refractivity contribution is 0.0308. The summed E-state index contributed by atoms with van der Waals surface area (Å²) in [4.78, 5) is 15.9. The smallest absolute Gasteiger partial charge is 0.361 e. The van der Waals surface area contributed by atoms with E-state index in [4.69, 9.17) is 18.3 Å². The number of rotatable bonds is 7. The van der Waals surface area contributed by atoms with Gasteiger partial charge in [-0.3, -0.25) is 0 Å². The maximum absolute atomic E-state index is 12.0. The van der Waals surface area contributed by atoms with Crippen molar-refractivity contribution in [3.63, 3.8) is 0 Å². The summed E-state index contributed by atoms with van der Waals surface area (Å²) in [6.45, 7) is 0.914. The zero-order valence-corrected chi connectivity index (χ0v) is 12.3. The Morgan fingerprint density at radius 1 is 1.27 bits per heavy atom. The van der Waals surface area contributed by atoms with Gasteiger partial charge in [0.05, 0.1) is 25.6 Å². The van der Waals surface area contributed by atoms with Gasteiger partial charge >= 0.3 is 5.97 Å². The van der Waals surface area contributed by atoms with E-state index in [0.717, 1.165) is 12.8 Å². The third-order valence-corrected chi connectivity index (χ3v) is 3.68. The lowest BCUT2D eigenvalue weighted by atomic mass is 10.3. The summed E-state index contributed by atoms with van der Waals surface area (Å²) in [6.07, 6.45) is 8.57. The van der Waals surface area contributed by atoms with Crippen LogP contribution in [0.4, 0.5) is 0 Å². The van der Waals surface area contributed by atoms with Crippen LogP contribution in [0.15, 0.2) is 33.6 Å². The van der Waals surface area contributed by atoms with Gasteiger partial charge in [0.25, 0.3) is 0 Å². The van der Waals surface area contributed by atoms with Crippen LogP contribution in [0, 0.1) is 0 Å². The van der Waals surface area contributed by atoms with Gasteiger partial charge in [-0.1, -0.05) is 12.8 Å². The molecule has 0 spiro atoms. The molecule has 22 heavy (non-hydrogen) atoms. The van der Waals surface area contributed by atoms with Crippen LogP contribution in [-0.2, 0) is 9.47 Å². The number of hydrogen-bond acceptors (Lipinski definition) is 6. The minimum absolute atomic E-state index is 0.131. The van der Waals surface area contributed by atoms with Gasteiger partial charge in [-0.25, -0.2) is 9.78 Å². The number of nitrogens with zero attached hydrogens (tertiary/aromatic N) is 1. The lowest BCUT2D eigenvalue weighted by Gasteiger charge is -2.10. The summed E-state index contributed by atoms with van der Waals surface area (Å²) in [5.41, 5.74) is 0.131. The zero-order valence-electron chi connectivity index (χ0n) is 12.3. The Balaban J connectivity index is 1.43. The number of oxazole rings is 1. The standard InChI is InChI=1S/C16H19NO5/c18-16(21-10-4-9-19-12-5-1-2-6-12)14-15(22-11-17-14)13-7-3-8-20-13/h3,7-8,11-12H,1-2,4-6,9-10H2. The zero-order chi connectivity index (χ0) is 15.2. The van der Waals surface area contributed by atoms with Crippen molar-refractivity contribution in [1.29, 1.82) is 0 Å². The Morgan fingerprint density at radius 2 is 2.14 bits per heavy atom. The minimum Gasteiger partial charge on any atom is -0.461 e. The molecule has 0 atom stereocenters. The van der Waals surface area contributed by atoms with E-state index < -0.39 is 5.97 Å². The Hall–Kier alpha value is -2.08. The van der Waals surface area contributed by atoms with Crippen molar-refractivity contribution < 1.29 is 23.1 Å². The third-order valence-electron chi connectivity index (χ3n) is 3.68. The normalized spacial score (nSPS) is 15.3. The lowest BCUT2D eigenvalue weighted by Crippen LogP contribution is -2.12. The number of carbonyl (C=O) groups excluding carboxylic acids is 1. The van der Waals surface area contributed by atoms with Gasteiger partial charge < -0.3 is 18.3 Å². The molecule has 2 heterocycles. The molecule has 0 aliphatic heterocycles. The molecular weight excluding hydrogens is 286 g/mol. The molecule has 2 aromatic heterocycles. The Kier molecular flexibility index (Phi) is 4.90. The van der Waals surface area contributed by atoms with Crippen molar-refractivity contribution in [2.75, 3.05) is 13.2 Å². The number of aromatic nitrogens is 1. The molecule has 1 aliphatic rings. The molecule has 6 heteroatoms. The molecule has 1 saturated carbocycles. The maximum atomic E-state index is 12.0. The fourth-order valence-electron chi connectivity index (χ4n) is 2.57. The van der Waals surface area contributed by atoms with Crippen LogP contribution < -0.4 is 0 Å². The molecule has 0 saturated heterocycles. The highest BCUT2D eigenvalue weighted by Crippen LogP contribution is 2.24. The van der Waals surface area contributed by atoms with Crippen molar-refractivity contribution >= 4 is 5.97 Å².